The van der Waals surface area contributed by atoms with E-state index in [-0.39, 0.29) is 23.9 Å². The molecule has 1 aromatic rings. The zero-order valence-electron chi connectivity index (χ0n) is 12.4. The van der Waals surface area contributed by atoms with E-state index in [1.807, 2.05) is 6.92 Å². The van der Waals surface area contributed by atoms with E-state index in [1.165, 1.54) is 19.1 Å². The molecule has 0 spiro atoms. The zero-order chi connectivity index (χ0) is 15.1. The number of carbonyl (C=O) groups is 1. The van der Waals surface area contributed by atoms with Gasteiger partial charge in [0.15, 0.2) is 0 Å². The summed E-state index contributed by atoms with van der Waals surface area (Å²) in [5.74, 6) is -0.587. The molecule has 0 aliphatic carbocycles. The van der Waals surface area contributed by atoms with Crippen LogP contribution < -0.4 is 5.32 Å². The number of benzene rings is 1. The van der Waals surface area contributed by atoms with E-state index in [4.69, 9.17) is 0 Å². The van der Waals surface area contributed by atoms with Gasteiger partial charge in [-0.05, 0) is 42.5 Å². The number of hydrogen-bond donors (Lipinski definition) is 1. The zero-order valence-corrected chi connectivity index (χ0v) is 12.4. The first kappa shape index (κ1) is 14.9. The van der Waals surface area contributed by atoms with Crippen molar-refractivity contribution in [2.75, 3.05) is 0 Å². The molecule has 0 radical (unpaired) electrons. The van der Waals surface area contributed by atoms with Crippen LogP contribution in [0, 0.1) is 24.5 Å². The molecular formula is C16H21F2NO. The molecule has 1 heterocycles. The van der Waals surface area contributed by atoms with Crippen LogP contribution in [-0.2, 0) is 10.2 Å². The van der Waals surface area contributed by atoms with Gasteiger partial charge in [0.05, 0.1) is 0 Å². The molecule has 0 bridgehead atoms. The van der Waals surface area contributed by atoms with Crippen molar-refractivity contribution in [2.45, 2.75) is 52.0 Å². The number of hydrogen-bond acceptors (Lipinski definition) is 1. The van der Waals surface area contributed by atoms with Gasteiger partial charge in [-0.15, -0.1) is 0 Å². The fourth-order valence-corrected chi connectivity index (χ4v) is 3.02. The van der Waals surface area contributed by atoms with Gasteiger partial charge < -0.3 is 5.32 Å². The van der Waals surface area contributed by atoms with E-state index in [9.17, 15) is 13.6 Å². The summed E-state index contributed by atoms with van der Waals surface area (Å²) >= 11 is 0. The largest absolute Gasteiger partial charge is 0.352 e. The Hall–Kier alpha value is -1.45. The molecular weight excluding hydrogens is 260 g/mol. The highest BCUT2D eigenvalue weighted by Gasteiger charge is 2.46. The molecule has 1 amide bonds. The molecule has 20 heavy (non-hydrogen) atoms. The number of amides is 1. The van der Waals surface area contributed by atoms with Gasteiger partial charge in [-0.2, -0.15) is 0 Å². The maximum absolute atomic E-state index is 14.3. The van der Waals surface area contributed by atoms with Crippen molar-refractivity contribution in [1.82, 2.24) is 5.32 Å². The summed E-state index contributed by atoms with van der Waals surface area (Å²) in [6, 6.07) is 2.30. The van der Waals surface area contributed by atoms with Crippen LogP contribution in [0.25, 0.3) is 0 Å². The van der Waals surface area contributed by atoms with Gasteiger partial charge >= 0.3 is 0 Å². The third-order valence-corrected chi connectivity index (χ3v) is 4.20. The molecule has 1 N–H and O–H groups in total. The van der Waals surface area contributed by atoms with Gasteiger partial charge in [0.1, 0.15) is 11.6 Å². The first-order valence-electron chi connectivity index (χ1n) is 6.99. The number of carbonyl (C=O) groups excluding carboxylic acids is 1. The fourth-order valence-electron chi connectivity index (χ4n) is 3.02. The van der Waals surface area contributed by atoms with E-state index in [2.05, 4.69) is 19.2 Å². The van der Waals surface area contributed by atoms with E-state index < -0.39 is 17.0 Å². The third-order valence-electron chi connectivity index (χ3n) is 4.20. The maximum atomic E-state index is 14.3. The molecule has 1 saturated heterocycles. The average Bonchev–Trinajstić information content (AvgIpc) is 2.59. The molecule has 110 valence electrons. The standard InChI is InChI=1S/C16H21F2NO/c1-9(2)5-14-16(4,8-15(20)19-14)11-7-12(17)10(3)6-13(11)18/h6-7,9,14H,5,8H2,1-4H3,(H,19,20). The van der Waals surface area contributed by atoms with E-state index in [1.54, 1.807) is 0 Å². The quantitative estimate of drug-likeness (QED) is 0.903. The van der Waals surface area contributed by atoms with Crippen LogP contribution in [0.5, 0.6) is 0 Å². The highest BCUT2D eigenvalue weighted by atomic mass is 19.1. The molecule has 2 unspecified atom stereocenters. The van der Waals surface area contributed by atoms with Crippen LogP contribution in [0.2, 0.25) is 0 Å². The van der Waals surface area contributed by atoms with Crippen molar-refractivity contribution in [1.29, 1.82) is 0 Å². The van der Waals surface area contributed by atoms with Crippen molar-refractivity contribution in [3.63, 3.8) is 0 Å². The van der Waals surface area contributed by atoms with Crippen molar-refractivity contribution < 1.29 is 13.6 Å². The molecule has 1 aliphatic heterocycles. The Balaban J connectivity index is 2.47. The lowest BCUT2D eigenvalue weighted by molar-refractivity contribution is -0.119. The monoisotopic (exact) mass is 281 g/mol. The molecule has 2 atom stereocenters. The highest BCUT2D eigenvalue weighted by molar-refractivity contribution is 5.81. The third kappa shape index (κ3) is 2.56. The summed E-state index contributed by atoms with van der Waals surface area (Å²) in [4.78, 5) is 11.8. The summed E-state index contributed by atoms with van der Waals surface area (Å²) < 4.78 is 28.1. The van der Waals surface area contributed by atoms with E-state index in [0.29, 0.717) is 11.5 Å². The second-order valence-electron chi connectivity index (χ2n) is 6.43. The van der Waals surface area contributed by atoms with Crippen LogP contribution in [0.15, 0.2) is 12.1 Å². The van der Waals surface area contributed by atoms with Crippen LogP contribution in [0.1, 0.15) is 44.7 Å². The summed E-state index contributed by atoms with van der Waals surface area (Å²) in [6.07, 6.45) is 0.945. The molecule has 1 aromatic carbocycles. The highest BCUT2D eigenvalue weighted by Crippen LogP contribution is 2.40. The number of halogens is 2. The minimum Gasteiger partial charge on any atom is -0.352 e. The molecule has 4 heteroatoms. The second kappa shape index (κ2) is 5.15. The Morgan fingerprint density at radius 1 is 1.35 bits per heavy atom. The SMILES string of the molecule is Cc1cc(F)c(C2(C)CC(=O)NC2CC(C)C)cc1F. The molecule has 1 fully saturated rings. The first-order chi connectivity index (χ1) is 9.24. The van der Waals surface area contributed by atoms with Gasteiger partial charge in [0, 0.05) is 17.9 Å². The lowest BCUT2D eigenvalue weighted by atomic mass is 9.73. The van der Waals surface area contributed by atoms with E-state index in [0.717, 1.165) is 6.42 Å². The Morgan fingerprint density at radius 3 is 2.60 bits per heavy atom. The normalized spacial score (nSPS) is 26.1. The van der Waals surface area contributed by atoms with Crippen molar-refractivity contribution in [2.24, 2.45) is 5.92 Å². The predicted molar refractivity (Wildman–Crippen MR) is 74.4 cm³/mol. The Bertz CT molecular complexity index is 542. The second-order valence-corrected chi connectivity index (χ2v) is 6.43. The lowest BCUT2D eigenvalue weighted by Gasteiger charge is -2.32. The fraction of sp³-hybridized carbons (Fsp3) is 0.562. The molecule has 0 saturated carbocycles. The number of nitrogens with one attached hydrogen (secondary N) is 1. The summed E-state index contributed by atoms with van der Waals surface area (Å²) in [7, 11) is 0. The van der Waals surface area contributed by atoms with Gasteiger partial charge in [-0.3, -0.25) is 4.79 Å². The van der Waals surface area contributed by atoms with Crippen molar-refractivity contribution in [3.8, 4) is 0 Å². The van der Waals surface area contributed by atoms with Crippen LogP contribution in [0.3, 0.4) is 0 Å². The lowest BCUT2D eigenvalue weighted by Crippen LogP contribution is -2.40. The molecule has 0 aromatic heterocycles. The van der Waals surface area contributed by atoms with Gasteiger partial charge in [0.2, 0.25) is 5.91 Å². The van der Waals surface area contributed by atoms with Crippen LogP contribution in [0.4, 0.5) is 8.78 Å². The van der Waals surface area contributed by atoms with Gasteiger partial charge in [0.25, 0.3) is 0 Å². The predicted octanol–water partition coefficient (Wildman–Crippen LogP) is 3.47. The molecule has 2 nitrogen and oxygen atoms in total. The number of rotatable bonds is 3. The summed E-state index contributed by atoms with van der Waals surface area (Å²) in [5.41, 5.74) is -0.114. The van der Waals surface area contributed by atoms with Crippen LogP contribution >= 0.6 is 0 Å². The molecule has 2 rings (SSSR count). The maximum Gasteiger partial charge on any atom is 0.221 e. The minimum absolute atomic E-state index is 0.0986. The van der Waals surface area contributed by atoms with Crippen LogP contribution in [-0.4, -0.2) is 11.9 Å². The van der Waals surface area contributed by atoms with E-state index >= 15 is 0 Å². The van der Waals surface area contributed by atoms with Gasteiger partial charge in [-0.1, -0.05) is 20.8 Å². The Labute approximate surface area is 118 Å². The first-order valence-corrected chi connectivity index (χ1v) is 6.99. The number of aryl methyl sites for hydroxylation is 1. The molecule has 1 aliphatic rings. The minimum atomic E-state index is -0.694. The summed E-state index contributed by atoms with van der Waals surface area (Å²) in [6.45, 7) is 7.48. The van der Waals surface area contributed by atoms with Gasteiger partial charge in [-0.25, -0.2) is 8.78 Å². The van der Waals surface area contributed by atoms with Crippen molar-refractivity contribution in [3.05, 3.63) is 34.9 Å². The van der Waals surface area contributed by atoms with Crippen molar-refractivity contribution >= 4 is 5.91 Å². The average molecular weight is 281 g/mol. The topological polar surface area (TPSA) is 29.1 Å². The smallest absolute Gasteiger partial charge is 0.221 e. The Morgan fingerprint density at radius 2 is 2.00 bits per heavy atom. The summed E-state index contributed by atoms with van der Waals surface area (Å²) in [5, 5.41) is 2.91. The Kier molecular flexibility index (Phi) is 3.85.